The van der Waals surface area contributed by atoms with E-state index in [0.29, 0.717) is 12.0 Å². The van der Waals surface area contributed by atoms with E-state index < -0.39 is 5.97 Å². The minimum Gasteiger partial charge on any atom is -0.478 e. The van der Waals surface area contributed by atoms with Crippen molar-refractivity contribution >= 4 is 11.8 Å². The van der Waals surface area contributed by atoms with Crippen LogP contribution in [0.15, 0.2) is 42.5 Å². The number of Topliss-reactive ketones (excluding diaryl/α,β-unsaturated/α-hetero) is 1. The first-order valence-corrected chi connectivity index (χ1v) is 6.40. The van der Waals surface area contributed by atoms with Gasteiger partial charge in [0.1, 0.15) is 0 Å². The first kappa shape index (κ1) is 14.0. The van der Waals surface area contributed by atoms with Gasteiger partial charge in [0.05, 0.1) is 5.56 Å². The standard InChI is InChI=1S/C17H16O3/c1-11-14(8-13-6-4-3-5-7-13)9-15(17(19)20)10-16(11)12(2)18/h3-7,9-10H,8H2,1-2H3,(H,19,20). The van der Waals surface area contributed by atoms with Gasteiger partial charge in [0.25, 0.3) is 0 Å². The molecule has 0 heterocycles. The summed E-state index contributed by atoms with van der Waals surface area (Å²) in [5.41, 5.74) is 3.46. The molecule has 3 heteroatoms. The van der Waals surface area contributed by atoms with Crippen LogP contribution in [-0.2, 0) is 6.42 Å². The van der Waals surface area contributed by atoms with E-state index in [1.54, 1.807) is 6.07 Å². The first-order chi connectivity index (χ1) is 9.49. The third-order valence-electron chi connectivity index (χ3n) is 3.38. The summed E-state index contributed by atoms with van der Waals surface area (Å²) in [5, 5.41) is 9.16. The molecular weight excluding hydrogens is 252 g/mol. The zero-order valence-corrected chi connectivity index (χ0v) is 11.5. The van der Waals surface area contributed by atoms with Gasteiger partial charge in [0.2, 0.25) is 0 Å². The second-order valence-corrected chi connectivity index (χ2v) is 4.83. The molecule has 2 aromatic carbocycles. The zero-order chi connectivity index (χ0) is 14.7. The molecule has 20 heavy (non-hydrogen) atoms. The number of carbonyl (C=O) groups is 2. The lowest BCUT2D eigenvalue weighted by atomic mass is 9.92. The Kier molecular flexibility index (Phi) is 3.99. The van der Waals surface area contributed by atoms with Crippen LogP contribution in [-0.4, -0.2) is 16.9 Å². The molecule has 0 aliphatic heterocycles. The largest absolute Gasteiger partial charge is 0.478 e. The molecule has 0 fully saturated rings. The van der Waals surface area contributed by atoms with E-state index in [1.165, 1.54) is 13.0 Å². The molecule has 2 rings (SSSR count). The Morgan fingerprint density at radius 3 is 2.30 bits per heavy atom. The minimum absolute atomic E-state index is 0.111. The Morgan fingerprint density at radius 1 is 1.10 bits per heavy atom. The van der Waals surface area contributed by atoms with Crippen LogP contribution in [0.5, 0.6) is 0 Å². The monoisotopic (exact) mass is 268 g/mol. The predicted octanol–water partition coefficient (Wildman–Crippen LogP) is 3.49. The van der Waals surface area contributed by atoms with Crippen molar-refractivity contribution in [2.45, 2.75) is 20.3 Å². The van der Waals surface area contributed by atoms with Crippen LogP contribution in [0, 0.1) is 6.92 Å². The Morgan fingerprint density at radius 2 is 1.75 bits per heavy atom. The fourth-order valence-corrected chi connectivity index (χ4v) is 2.26. The van der Waals surface area contributed by atoms with Crippen LogP contribution in [0.3, 0.4) is 0 Å². The molecular formula is C17H16O3. The van der Waals surface area contributed by atoms with Crippen molar-refractivity contribution in [2.24, 2.45) is 0 Å². The molecule has 0 aliphatic rings. The third-order valence-corrected chi connectivity index (χ3v) is 3.38. The highest BCUT2D eigenvalue weighted by Gasteiger charge is 2.14. The van der Waals surface area contributed by atoms with Crippen LogP contribution in [0.25, 0.3) is 0 Å². The van der Waals surface area contributed by atoms with E-state index in [4.69, 9.17) is 5.11 Å². The smallest absolute Gasteiger partial charge is 0.335 e. The lowest BCUT2D eigenvalue weighted by Crippen LogP contribution is -2.06. The van der Waals surface area contributed by atoms with Gasteiger partial charge in [0, 0.05) is 5.56 Å². The van der Waals surface area contributed by atoms with Crippen molar-refractivity contribution in [3.8, 4) is 0 Å². The SMILES string of the molecule is CC(=O)c1cc(C(=O)O)cc(Cc2ccccc2)c1C. The number of carboxylic acids is 1. The molecule has 2 aromatic rings. The maximum atomic E-state index is 11.7. The maximum Gasteiger partial charge on any atom is 0.335 e. The van der Waals surface area contributed by atoms with Crippen LogP contribution >= 0.6 is 0 Å². The highest BCUT2D eigenvalue weighted by Crippen LogP contribution is 2.21. The van der Waals surface area contributed by atoms with Gasteiger partial charge < -0.3 is 5.11 Å². The highest BCUT2D eigenvalue weighted by atomic mass is 16.4. The number of carbonyl (C=O) groups excluding carboxylic acids is 1. The van der Waals surface area contributed by atoms with Gasteiger partial charge in [-0.15, -0.1) is 0 Å². The summed E-state index contributed by atoms with van der Waals surface area (Å²) < 4.78 is 0. The summed E-state index contributed by atoms with van der Waals surface area (Å²) in [6.07, 6.45) is 0.619. The Balaban J connectivity index is 2.51. The molecule has 0 saturated heterocycles. The van der Waals surface area contributed by atoms with Gasteiger partial charge in [-0.2, -0.15) is 0 Å². The van der Waals surface area contributed by atoms with E-state index in [2.05, 4.69) is 0 Å². The summed E-state index contributed by atoms with van der Waals surface area (Å²) in [6, 6.07) is 12.9. The van der Waals surface area contributed by atoms with Gasteiger partial charge in [-0.3, -0.25) is 4.79 Å². The Labute approximate surface area is 117 Å². The molecule has 3 nitrogen and oxygen atoms in total. The van der Waals surface area contributed by atoms with Crippen LogP contribution in [0.1, 0.15) is 44.3 Å². The first-order valence-electron chi connectivity index (χ1n) is 6.40. The van der Waals surface area contributed by atoms with Gasteiger partial charge >= 0.3 is 5.97 Å². The van der Waals surface area contributed by atoms with Crippen LogP contribution in [0.4, 0.5) is 0 Å². The lowest BCUT2D eigenvalue weighted by Gasteiger charge is -2.11. The fourth-order valence-electron chi connectivity index (χ4n) is 2.26. The van der Waals surface area contributed by atoms with Crippen molar-refractivity contribution in [3.63, 3.8) is 0 Å². The average Bonchev–Trinajstić information content (AvgIpc) is 2.41. The van der Waals surface area contributed by atoms with E-state index in [9.17, 15) is 9.59 Å². The molecule has 0 amide bonds. The molecule has 0 atom stereocenters. The van der Waals surface area contributed by atoms with E-state index >= 15 is 0 Å². The molecule has 102 valence electrons. The van der Waals surface area contributed by atoms with Crippen molar-refractivity contribution in [1.29, 1.82) is 0 Å². The number of ketones is 1. The number of hydrogen-bond donors (Lipinski definition) is 1. The molecule has 0 spiro atoms. The molecule has 1 N–H and O–H groups in total. The number of carboxylic acid groups (broad SMARTS) is 1. The average molecular weight is 268 g/mol. The second-order valence-electron chi connectivity index (χ2n) is 4.83. The van der Waals surface area contributed by atoms with Crippen molar-refractivity contribution in [1.82, 2.24) is 0 Å². The predicted molar refractivity (Wildman–Crippen MR) is 77.4 cm³/mol. The van der Waals surface area contributed by atoms with E-state index in [1.807, 2.05) is 37.3 Å². The summed E-state index contributed by atoms with van der Waals surface area (Å²) in [7, 11) is 0. The quantitative estimate of drug-likeness (QED) is 0.864. The molecule has 0 saturated carbocycles. The summed E-state index contributed by atoms with van der Waals surface area (Å²) in [6.45, 7) is 3.32. The molecule has 0 aromatic heterocycles. The van der Waals surface area contributed by atoms with Gasteiger partial charge in [-0.1, -0.05) is 30.3 Å². The van der Waals surface area contributed by atoms with E-state index in [0.717, 1.165) is 16.7 Å². The minimum atomic E-state index is -1.01. The normalized spacial score (nSPS) is 10.3. The van der Waals surface area contributed by atoms with Crippen molar-refractivity contribution < 1.29 is 14.7 Å². The Hall–Kier alpha value is -2.42. The highest BCUT2D eigenvalue weighted by molar-refractivity contribution is 5.99. The number of benzene rings is 2. The molecule has 0 radical (unpaired) electrons. The lowest BCUT2D eigenvalue weighted by molar-refractivity contribution is 0.0696. The summed E-state index contributed by atoms with van der Waals surface area (Å²) in [4.78, 5) is 22.8. The summed E-state index contributed by atoms with van der Waals surface area (Å²) in [5.74, 6) is -1.12. The topological polar surface area (TPSA) is 54.4 Å². The van der Waals surface area contributed by atoms with Gasteiger partial charge in [-0.05, 0) is 49.1 Å². The number of rotatable bonds is 4. The van der Waals surface area contributed by atoms with Crippen molar-refractivity contribution in [3.05, 3.63) is 70.3 Å². The van der Waals surface area contributed by atoms with E-state index in [-0.39, 0.29) is 11.3 Å². The van der Waals surface area contributed by atoms with Crippen LogP contribution < -0.4 is 0 Å². The van der Waals surface area contributed by atoms with Crippen LogP contribution in [0.2, 0.25) is 0 Å². The Bertz CT molecular complexity index is 657. The molecule has 0 bridgehead atoms. The zero-order valence-electron chi connectivity index (χ0n) is 11.5. The number of aromatic carboxylic acids is 1. The maximum absolute atomic E-state index is 11.7. The summed E-state index contributed by atoms with van der Waals surface area (Å²) >= 11 is 0. The van der Waals surface area contributed by atoms with Crippen molar-refractivity contribution in [2.75, 3.05) is 0 Å². The number of hydrogen-bond acceptors (Lipinski definition) is 2. The third kappa shape index (κ3) is 2.94. The second kappa shape index (κ2) is 5.70. The van der Waals surface area contributed by atoms with Gasteiger partial charge in [-0.25, -0.2) is 4.79 Å². The molecule has 0 aliphatic carbocycles. The molecule has 0 unspecified atom stereocenters. The fraction of sp³-hybridized carbons (Fsp3) is 0.176. The van der Waals surface area contributed by atoms with Gasteiger partial charge in [0.15, 0.2) is 5.78 Å².